The number of benzene rings is 3. The topological polar surface area (TPSA) is 70.5 Å². The van der Waals surface area contributed by atoms with Gasteiger partial charge in [0.1, 0.15) is 0 Å². The molecule has 1 aromatic heterocycles. The maximum Gasteiger partial charge on any atom is 0.416 e. The molecule has 1 N–H and O–H groups in total. The Morgan fingerprint density at radius 2 is 1.71 bits per heavy atom. The Morgan fingerprint density at radius 1 is 0.921 bits per heavy atom. The third kappa shape index (κ3) is 7.50. The van der Waals surface area contributed by atoms with Crippen molar-refractivity contribution in [1.29, 1.82) is 0 Å². The summed E-state index contributed by atoms with van der Waals surface area (Å²) < 4.78 is 68.0. The van der Waals surface area contributed by atoms with Gasteiger partial charge < -0.3 is 0 Å². The number of alkyl halides is 3. The van der Waals surface area contributed by atoms with E-state index in [0.29, 0.717) is 5.56 Å². The van der Waals surface area contributed by atoms with E-state index in [0.717, 1.165) is 49.5 Å². The van der Waals surface area contributed by atoms with Crippen LogP contribution in [0.1, 0.15) is 23.1 Å². The Kier molecular flexibility index (Phi) is 8.61. The van der Waals surface area contributed by atoms with Crippen molar-refractivity contribution in [2.75, 3.05) is 19.6 Å². The zero-order chi connectivity index (χ0) is 27.2. The molecule has 0 aliphatic carbocycles. The molecule has 9 heteroatoms. The molecular formula is C29H27F3N2O3S. The summed E-state index contributed by atoms with van der Waals surface area (Å²) in [6.45, 7) is 2.55. The molecule has 0 saturated carbocycles. The van der Waals surface area contributed by atoms with E-state index in [1.165, 1.54) is 35.2 Å². The van der Waals surface area contributed by atoms with Gasteiger partial charge in [-0.3, -0.25) is 14.4 Å². The fourth-order valence-corrected chi connectivity index (χ4v) is 4.74. The summed E-state index contributed by atoms with van der Waals surface area (Å²) in [5.41, 5.74) is 2.36. The lowest BCUT2D eigenvalue weighted by atomic mass is 9.97. The molecule has 2 heterocycles. The zero-order valence-electron chi connectivity index (χ0n) is 20.5. The second-order valence-electron chi connectivity index (χ2n) is 8.95. The summed E-state index contributed by atoms with van der Waals surface area (Å²) in [4.78, 5) is 6.44. The minimum Gasteiger partial charge on any atom is -0.299 e. The average molecular weight is 541 g/mol. The van der Waals surface area contributed by atoms with Crippen molar-refractivity contribution in [2.24, 2.45) is 0 Å². The van der Waals surface area contributed by atoms with Crippen molar-refractivity contribution < 1.29 is 26.1 Å². The SMILES string of the molecule is FC(F)(F)c1cccc(C2=CCN(CCc3ccc4ccncc4c3)CC2)c1.O=S(=O)(O)c1ccccc1. The quantitative estimate of drug-likeness (QED) is 0.292. The van der Waals surface area contributed by atoms with Gasteiger partial charge in [-0.25, -0.2) is 0 Å². The maximum absolute atomic E-state index is 12.9. The number of halogens is 3. The van der Waals surface area contributed by atoms with E-state index in [9.17, 15) is 21.6 Å². The van der Waals surface area contributed by atoms with Crippen LogP contribution in [0.2, 0.25) is 0 Å². The summed E-state index contributed by atoms with van der Waals surface area (Å²) in [5.74, 6) is 0. The van der Waals surface area contributed by atoms with E-state index in [1.807, 2.05) is 12.3 Å². The molecule has 5 nitrogen and oxygen atoms in total. The Bertz CT molecular complexity index is 1520. The van der Waals surface area contributed by atoms with Crippen LogP contribution < -0.4 is 0 Å². The first kappa shape index (κ1) is 27.5. The second-order valence-corrected chi connectivity index (χ2v) is 10.4. The number of pyridine rings is 1. The molecule has 3 aromatic carbocycles. The maximum atomic E-state index is 12.9. The monoisotopic (exact) mass is 540 g/mol. The lowest BCUT2D eigenvalue weighted by Gasteiger charge is -2.26. The highest BCUT2D eigenvalue weighted by molar-refractivity contribution is 7.85. The highest BCUT2D eigenvalue weighted by atomic mass is 32.2. The Hall–Kier alpha value is -3.53. The lowest BCUT2D eigenvalue weighted by Crippen LogP contribution is -2.30. The van der Waals surface area contributed by atoms with E-state index in [4.69, 9.17) is 4.55 Å². The van der Waals surface area contributed by atoms with Crippen molar-refractivity contribution in [3.8, 4) is 0 Å². The summed E-state index contributed by atoms with van der Waals surface area (Å²) in [7, 11) is -4.00. The minimum atomic E-state index is -4.30. The van der Waals surface area contributed by atoms with Gasteiger partial charge in [-0.2, -0.15) is 21.6 Å². The van der Waals surface area contributed by atoms with Gasteiger partial charge in [0.15, 0.2) is 0 Å². The van der Waals surface area contributed by atoms with Crippen molar-refractivity contribution in [2.45, 2.75) is 23.9 Å². The van der Waals surface area contributed by atoms with Gasteiger partial charge >= 0.3 is 6.18 Å². The van der Waals surface area contributed by atoms with Crippen LogP contribution >= 0.6 is 0 Å². The number of hydrogen-bond acceptors (Lipinski definition) is 4. The first-order valence-electron chi connectivity index (χ1n) is 12.0. The first-order valence-corrected chi connectivity index (χ1v) is 13.5. The van der Waals surface area contributed by atoms with Crippen molar-refractivity contribution in [1.82, 2.24) is 9.88 Å². The highest BCUT2D eigenvalue weighted by Gasteiger charge is 2.30. The smallest absolute Gasteiger partial charge is 0.299 e. The minimum absolute atomic E-state index is 0.0741. The van der Waals surface area contributed by atoms with Crippen LogP contribution in [-0.2, 0) is 22.7 Å². The molecule has 1 aliphatic rings. The van der Waals surface area contributed by atoms with Crippen LogP contribution in [0.3, 0.4) is 0 Å². The Balaban J connectivity index is 0.000000283. The Morgan fingerprint density at radius 3 is 2.37 bits per heavy atom. The van der Waals surface area contributed by atoms with Gasteiger partial charge in [-0.05, 0) is 71.3 Å². The largest absolute Gasteiger partial charge is 0.416 e. The summed E-state index contributed by atoms with van der Waals surface area (Å²) in [5, 5.41) is 2.33. The van der Waals surface area contributed by atoms with Gasteiger partial charge in [-0.1, -0.05) is 48.5 Å². The molecule has 0 unspecified atom stereocenters. The van der Waals surface area contributed by atoms with E-state index >= 15 is 0 Å². The zero-order valence-corrected chi connectivity index (χ0v) is 21.3. The summed E-state index contributed by atoms with van der Waals surface area (Å²) in [6, 6.07) is 21.5. The third-order valence-electron chi connectivity index (χ3n) is 6.32. The number of fused-ring (bicyclic) bond motifs is 1. The molecule has 0 atom stereocenters. The molecule has 4 aromatic rings. The number of rotatable bonds is 5. The molecular weight excluding hydrogens is 513 g/mol. The number of aromatic nitrogens is 1. The second kappa shape index (κ2) is 11.9. The molecule has 0 radical (unpaired) electrons. The van der Waals surface area contributed by atoms with Gasteiger partial charge in [0.05, 0.1) is 10.5 Å². The fourth-order valence-electron chi connectivity index (χ4n) is 4.24. The molecule has 0 amide bonds. The molecule has 0 spiro atoms. The van der Waals surface area contributed by atoms with E-state index in [2.05, 4.69) is 34.2 Å². The van der Waals surface area contributed by atoms with E-state index < -0.39 is 21.9 Å². The number of nitrogens with zero attached hydrogens (tertiary/aromatic N) is 2. The van der Waals surface area contributed by atoms with Crippen molar-refractivity contribution >= 4 is 26.5 Å². The van der Waals surface area contributed by atoms with Crippen LogP contribution in [0.25, 0.3) is 16.3 Å². The van der Waals surface area contributed by atoms with Crippen LogP contribution in [0.15, 0.2) is 102 Å². The fraction of sp³-hybridized carbons (Fsp3) is 0.207. The van der Waals surface area contributed by atoms with Crippen LogP contribution in [-0.4, -0.2) is 42.5 Å². The van der Waals surface area contributed by atoms with Crippen molar-refractivity contribution in [3.63, 3.8) is 0 Å². The summed E-state index contributed by atoms with van der Waals surface area (Å²) >= 11 is 0. The highest BCUT2D eigenvalue weighted by Crippen LogP contribution is 2.32. The number of hydrogen-bond donors (Lipinski definition) is 1. The molecule has 0 saturated heterocycles. The molecule has 38 heavy (non-hydrogen) atoms. The molecule has 5 rings (SSSR count). The standard InChI is InChI=1S/C23H21F3N2.C6H6O3S/c24-23(25,26)22-3-1-2-20(15-22)19-8-12-28(13-9-19)11-7-17-4-5-18-6-10-27-16-21(18)14-17;7-10(8,9)6-4-2-1-3-5-6/h1-6,8,10,14-16H,7,9,11-13H2;1-5H,(H,7,8,9). The van der Waals surface area contributed by atoms with Gasteiger partial charge in [0, 0.05) is 37.4 Å². The van der Waals surface area contributed by atoms with Gasteiger partial charge in [-0.15, -0.1) is 0 Å². The Labute approximate surface area is 220 Å². The predicted octanol–water partition coefficient (Wildman–Crippen LogP) is 6.52. The molecule has 198 valence electrons. The van der Waals surface area contributed by atoms with E-state index in [1.54, 1.807) is 30.5 Å². The lowest BCUT2D eigenvalue weighted by molar-refractivity contribution is -0.137. The van der Waals surface area contributed by atoms with Crippen LogP contribution in [0, 0.1) is 0 Å². The van der Waals surface area contributed by atoms with E-state index in [-0.39, 0.29) is 4.90 Å². The average Bonchev–Trinajstić information content (AvgIpc) is 2.92. The molecule has 0 bridgehead atoms. The van der Waals surface area contributed by atoms with Gasteiger partial charge in [0.25, 0.3) is 10.1 Å². The summed E-state index contributed by atoms with van der Waals surface area (Å²) in [6.07, 6.45) is 3.14. The predicted molar refractivity (Wildman–Crippen MR) is 142 cm³/mol. The van der Waals surface area contributed by atoms with Gasteiger partial charge in [0.2, 0.25) is 0 Å². The van der Waals surface area contributed by atoms with Crippen LogP contribution in [0.4, 0.5) is 13.2 Å². The third-order valence-corrected chi connectivity index (χ3v) is 7.18. The van der Waals surface area contributed by atoms with Crippen LogP contribution in [0.5, 0.6) is 0 Å². The molecule has 1 aliphatic heterocycles. The normalized spacial score (nSPS) is 14.5. The first-order chi connectivity index (χ1) is 18.1. The molecule has 0 fully saturated rings. The van der Waals surface area contributed by atoms with Crippen molar-refractivity contribution in [3.05, 3.63) is 114 Å².